The summed E-state index contributed by atoms with van der Waals surface area (Å²) in [4.78, 5) is 22.0. The fourth-order valence-corrected chi connectivity index (χ4v) is 2.23. The van der Waals surface area contributed by atoms with Crippen molar-refractivity contribution in [2.45, 2.75) is 30.7 Å². The molecular weight excluding hydrogens is 408 g/mol. The van der Waals surface area contributed by atoms with E-state index in [1.807, 2.05) is 0 Å². The molecular formula is C22H26O9. The van der Waals surface area contributed by atoms with Crippen LogP contribution in [0.3, 0.4) is 0 Å². The summed E-state index contributed by atoms with van der Waals surface area (Å²) in [6.45, 7) is -0.616. The summed E-state index contributed by atoms with van der Waals surface area (Å²) < 4.78 is 9.95. The number of aliphatic carboxylic acids is 1. The molecule has 168 valence electrons. The molecule has 0 bridgehead atoms. The molecule has 31 heavy (non-hydrogen) atoms. The lowest BCUT2D eigenvalue weighted by atomic mass is 9.99. The molecule has 1 fully saturated rings. The number of hydrogen-bond donors (Lipinski definition) is 5. The Morgan fingerprint density at radius 3 is 1.61 bits per heavy atom. The van der Waals surface area contributed by atoms with Crippen molar-refractivity contribution in [3.63, 3.8) is 0 Å². The van der Waals surface area contributed by atoms with Gasteiger partial charge in [0.2, 0.25) is 6.29 Å². The molecule has 0 saturated carbocycles. The molecule has 0 aromatic rings. The minimum Gasteiger partial charge on any atom is -0.478 e. The molecule has 9 nitrogen and oxygen atoms in total. The minimum absolute atomic E-state index is 0.616. The number of esters is 1. The second kappa shape index (κ2) is 14.8. The zero-order valence-corrected chi connectivity index (χ0v) is 16.5. The highest BCUT2D eigenvalue weighted by molar-refractivity contribution is 5.82. The third-order valence-corrected chi connectivity index (χ3v) is 3.77. The molecule has 1 heterocycles. The molecule has 5 unspecified atom stereocenters. The second-order valence-corrected chi connectivity index (χ2v) is 6.12. The van der Waals surface area contributed by atoms with Crippen LogP contribution in [-0.4, -0.2) is 74.8 Å². The number of carbonyl (C=O) groups is 2. The summed E-state index contributed by atoms with van der Waals surface area (Å²) >= 11 is 0. The summed E-state index contributed by atoms with van der Waals surface area (Å²) in [7, 11) is 0. The summed E-state index contributed by atoms with van der Waals surface area (Å²) in [5.41, 5.74) is 0. The fourth-order valence-electron chi connectivity index (χ4n) is 2.23. The Hall–Kier alpha value is -3.08. The van der Waals surface area contributed by atoms with Gasteiger partial charge in [-0.3, -0.25) is 0 Å². The van der Waals surface area contributed by atoms with E-state index in [-0.39, 0.29) is 0 Å². The van der Waals surface area contributed by atoms with Gasteiger partial charge in [-0.1, -0.05) is 72.9 Å². The van der Waals surface area contributed by atoms with Crippen LogP contribution in [0.2, 0.25) is 0 Å². The van der Waals surface area contributed by atoms with Gasteiger partial charge in [-0.2, -0.15) is 0 Å². The van der Waals surface area contributed by atoms with Crippen LogP contribution >= 0.6 is 0 Å². The van der Waals surface area contributed by atoms with Crippen molar-refractivity contribution in [2.75, 3.05) is 6.61 Å². The summed E-state index contributed by atoms with van der Waals surface area (Å²) in [6, 6.07) is 0. The van der Waals surface area contributed by atoms with Crippen LogP contribution in [-0.2, 0) is 19.1 Å². The molecule has 0 aromatic carbocycles. The highest BCUT2D eigenvalue weighted by atomic mass is 16.7. The van der Waals surface area contributed by atoms with Gasteiger partial charge in [-0.25, -0.2) is 9.59 Å². The van der Waals surface area contributed by atoms with Crippen LogP contribution in [0, 0.1) is 0 Å². The van der Waals surface area contributed by atoms with Crippen molar-refractivity contribution in [1.29, 1.82) is 0 Å². The maximum Gasteiger partial charge on any atom is 0.333 e. The number of allylic oxidation sites excluding steroid dienone is 12. The van der Waals surface area contributed by atoms with E-state index in [0.717, 1.165) is 12.2 Å². The van der Waals surface area contributed by atoms with Gasteiger partial charge in [-0.15, -0.1) is 0 Å². The Bertz CT molecular complexity index is 772. The van der Waals surface area contributed by atoms with Crippen LogP contribution in [0.15, 0.2) is 85.1 Å². The van der Waals surface area contributed by atoms with Gasteiger partial charge in [0.1, 0.15) is 24.4 Å². The molecule has 0 spiro atoms. The van der Waals surface area contributed by atoms with Gasteiger partial charge in [0.25, 0.3) is 0 Å². The molecule has 5 atom stereocenters. The van der Waals surface area contributed by atoms with Crippen molar-refractivity contribution in [2.24, 2.45) is 0 Å². The first-order valence-corrected chi connectivity index (χ1v) is 9.29. The molecule has 0 amide bonds. The number of aliphatic hydroxyl groups is 4. The monoisotopic (exact) mass is 434 g/mol. The molecule has 1 aliphatic heterocycles. The van der Waals surface area contributed by atoms with E-state index in [4.69, 9.17) is 19.7 Å². The molecule has 1 saturated heterocycles. The maximum absolute atomic E-state index is 11.8. The molecule has 1 aliphatic rings. The molecule has 0 aromatic heterocycles. The SMILES string of the molecule is O=C(O)/C=C/C=C/C=C/C=C/C=C/C=C/C=C/C(=O)OC1OC(CO)C(O)C(O)C1O. The van der Waals surface area contributed by atoms with Gasteiger partial charge in [0.05, 0.1) is 6.61 Å². The van der Waals surface area contributed by atoms with E-state index >= 15 is 0 Å². The van der Waals surface area contributed by atoms with E-state index < -0.39 is 49.3 Å². The van der Waals surface area contributed by atoms with E-state index in [0.29, 0.717) is 0 Å². The Labute approximate surface area is 179 Å². The van der Waals surface area contributed by atoms with Crippen LogP contribution in [0.4, 0.5) is 0 Å². The lowest BCUT2D eigenvalue weighted by Crippen LogP contribution is -2.59. The lowest BCUT2D eigenvalue weighted by Gasteiger charge is -2.38. The topological polar surface area (TPSA) is 154 Å². The number of carbonyl (C=O) groups excluding carboxylic acids is 1. The third kappa shape index (κ3) is 10.5. The minimum atomic E-state index is -1.65. The number of carboxylic acids is 1. The van der Waals surface area contributed by atoms with Crippen molar-refractivity contribution in [1.82, 2.24) is 0 Å². The van der Waals surface area contributed by atoms with E-state index in [1.165, 1.54) is 12.2 Å². The smallest absolute Gasteiger partial charge is 0.333 e. The zero-order chi connectivity index (χ0) is 23.1. The average molecular weight is 434 g/mol. The Morgan fingerprint density at radius 1 is 0.710 bits per heavy atom. The van der Waals surface area contributed by atoms with Gasteiger partial charge in [-0.05, 0) is 0 Å². The molecule has 1 rings (SSSR count). The summed E-state index contributed by atoms with van der Waals surface area (Å²) in [5.74, 6) is -1.85. The van der Waals surface area contributed by atoms with Crippen LogP contribution < -0.4 is 0 Å². The van der Waals surface area contributed by atoms with Crippen molar-refractivity contribution < 1.29 is 44.6 Å². The van der Waals surface area contributed by atoms with Gasteiger partial charge in [0.15, 0.2) is 0 Å². The number of hydrogen-bond acceptors (Lipinski definition) is 8. The van der Waals surface area contributed by atoms with Crippen molar-refractivity contribution in [3.8, 4) is 0 Å². The Balaban J connectivity index is 2.36. The number of rotatable bonds is 10. The van der Waals surface area contributed by atoms with Crippen LogP contribution in [0.25, 0.3) is 0 Å². The van der Waals surface area contributed by atoms with E-state index in [2.05, 4.69) is 0 Å². The summed E-state index contributed by atoms with van der Waals surface area (Å²) in [5, 5.41) is 46.6. The van der Waals surface area contributed by atoms with Crippen molar-refractivity contribution >= 4 is 11.9 Å². The van der Waals surface area contributed by atoms with Crippen LogP contribution in [0.5, 0.6) is 0 Å². The highest BCUT2D eigenvalue weighted by Crippen LogP contribution is 2.22. The third-order valence-electron chi connectivity index (χ3n) is 3.77. The number of ether oxygens (including phenoxy) is 2. The van der Waals surface area contributed by atoms with E-state index in [9.17, 15) is 24.9 Å². The standard InChI is InChI=1S/C22H26O9/c23-15-16-19(27)20(28)21(29)22(30-16)31-18(26)14-12-10-8-6-4-2-1-3-5-7-9-11-13-17(24)25/h1-14,16,19-23,27-29H,15H2,(H,24,25)/b2-1+,5-3+,6-4+,9-7+,10-8+,13-11+,14-12+. The van der Waals surface area contributed by atoms with Crippen molar-refractivity contribution in [3.05, 3.63) is 85.1 Å². The van der Waals surface area contributed by atoms with Gasteiger partial charge in [0, 0.05) is 12.2 Å². The molecule has 9 heteroatoms. The predicted octanol–water partition coefficient (Wildman–Crippen LogP) is 0.307. The zero-order valence-electron chi connectivity index (χ0n) is 16.5. The van der Waals surface area contributed by atoms with E-state index in [1.54, 1.807) is 60.8 Å². The first kappa shape index (κ1) is 26.0. The Kier molecular flexibility index (Phi) is 12.4. The molecule has 0 radical (unpaired) electrons. The average Bonchev–Trinajstić information content (AvgIpc) is 2.74. The lowest BCUT2D eigenvalue weighted by molar-refractivity contribution is -0.291. The molecule has 0 aliphatic carbocycles. The largest absolute Gasteiger partial charge is 0.478 e. The second-order valence-electron chi connectivity index (χ2n) is 6.12. The first-order chi connectivity index (χ1) is 14.9. The number of carboxylic acid groups (broad SMARTS) is 1. The summed E-state index contributed by atoms with van der Waals surface area (Å²) in [6.07, 6.45) is 14.4. The van der Waals surface area contributed by atoms with Gasteiger partial charge >= 0.3 is 11.9 Å². The predicted molar refractivity (Wildman–Crippen MR) is 111 cm³/mol. The normalized spacial score (nSPS) is 27.8. The highest BCUT2D eigenvalue weighted by Gasteiger charge is 2.45. The fraction of sp³-hybridized carbons (Fsp3) is 0.273. The maximum atomic E-state index is 11.8. The Morgan fingerprint density at radius 2 is 1.16 bits per heavy atom. The van der Waals surface area contributed by atoms with Crippen LogP contribution in [0.1, 0.15) is 0 Å². The number of aliphatic hydroxyl groups excluding tert-OH is 4. The molecule has 5 N–H and O–H groups in total. The quantitative estimate of drug-likeness (QED) is 0.186. The van der Waals surface area contributed by atoms with Gasteiger partial charge < -0.3 is 35.0 Å². The first-order valence-electron chi connectivity index (χ1n) is 9.29.